The van der Waals surface area contributed by atoms with Gasteiger partial charge in [0.15, 0.2) is 0 Å². The van der Waals surface area contributed by atoms with E-state index in [-0.39, 0.29) is 12.4 Å². The van der Waals surface area contributed by atoms with E-state index < -0.39 is 5.54 Å². The molecule has 0 aromatic heterocycles. The predicted octanol–water partition coefficient (Wildman–Crippen LogP) is 2.49. The smallest absolute Gasteiger partial charge is 0.138 e. The molecule has 1 unspecified atom stereocenters. The van der Waals surface area contributed by atoms with E-state index in [1.807, 2.05) is 6.92 Å². The van der Waals surface area contributed by atoms with Gasteiger partial charge in [0.25, 0.3) is 0 Å². The first-order valence-corrected chi connectivity index (χ1v) is 5.64. The average Bonchev–Trinajstić information content (AvgIpc) is 2.34. The molecule has 0 spiro atoms. The molecule has 1 N–H and O–H groups in total. The van der Waals surface area contributed by atoms with E-state index in [1.54, 1.807) is 19.1 Å². The number of benzene rings is 1. The molecule has 17 heavy (non-hydrogen) atoms. The lowest BCUT2D eigenvalue weighted by atomic mass is 10.1. The maximum absolute atomic E-state index is 12.9. The molecule has 92 valence electrons. The SMILES string of the molecule is CCCNC(C)(C#N)COc1cccc(F)c1. The minimum absolute atomic E-state index is 0.187. The molecular formula is C13H17FN2O. The Labute approximate surface area is 101 Å². The molecule has 0 aliphatic carbocycles. The van der Waals surface area contributed by atoms with Gasteiger partial charge in [-0.15, -0.1) is 0 Å². The number of nitrogens with zero attached hydrogens (tertiary/aromatic N) is 1. The summed E-state index contributed by atoms with van der Waals surface area (Å²) in [4.78, 5) is 0. The summed E-state index contributed by atoms with van der Waals surface area (Å²) in [5, 5.41) is 12.2. The molecule has 0 saturated carbocycles. The van der Waals surface area contributed by atoms with Crippen LogP contribution >= 0.6 is 0 Å². The Morgan fingerprint density at radius 2 is 2.29 bits per heavy atom. The number of ether oxygens (including phenoxy) is 1. The molecule has 0 fully saturated rings. The summed E-state index contributed by atoms with van der Waals surface area (Å²) in [6.45, 7) is 4.73. The summed E-state index contributed by atoms with van der Waals surface area (Å²) in [5.41, 5.74) is -0.748. The van der Waals surface area contributed by atoms with Crippen molar-refractivity contribution in [2.45, 2.75) is 25.8 Å². The zero-order chi connectivity index (χ0) is 12.7. The Morgan fingerprint density at radius 3 is 2.88 bits per heavy atom. The van der Waals surface area contributed by atoms with Crippen LogP contribution in [-0.4, -0.2) is 18.7 Å². The van der Waals surface area contributed by atoms with Crippen molar-refractivity contribution in [1.82, 2.24) is 5.32 Å². The fourth-order valence-corrected chi connectivity index (χ4v) is 1.31. The Balaban J connectivity index is 2.56. The number of halogens is 1. The second-order valence-electron chi connectivity index (χ2n) is 4.12. The largest absolute Gasteiger partial charge is 0.490 e. The summed E-state index contributed by atoms with van der Waals surface area (Å²) in [5.74, 6) is 0.0902. The highest BCUT2D eigenvalue weighted by atomic mass is 19.1. The van der Waals surface area contributed by atoms with Crippen molar-refractivity contribution in [1.29, 1.82) is 5.26 Å². The minimum atomic E-state index is -0.748. The van der Waals surface area contributed by atoms with Gasteiger partial charge in [0.05, 0.1) is 6.07 Å². The van der Waals surface area contributed by atoms with Crippen LogP contribution in [0.25, 0.3) is 0 Å². The highest BCUT2D eigenvalue weighted by Gasteiger charge is 2.23. The van der Waals surface area contributed by atoms with Gasteiger partial charge in [-0.3, -0.25) is 5.32 Å². The van der Waals surface area contributed by atoms with Gasteiger partial charge in [0, 0.05) is 6.07 Å². The molecule has 3 nitrogen and oxygen atoms in total. The first kappa shape index (κ1) is 13.5. The van der Waals surface area contributed by atoms with Crippen LogP contribution in [0.1, 0.15) is 20.3 Å². The Kier molecular flexibility index (Phi) is 4.92. The maximum Gasteiger partial charge on any atom is 0.138 e. The van der Waals surface area contributed by atoms with E-state index in [9.17, 15) is 4.39 Å². The van der Waals surface area contributed by atoms with Crippen molar-refractivity contribution in [2.24, 2.45) is 0 Å². The van der Waals surface area contributed by atoms with Gasteiger partial charge in [-0.05, 0) is 32.0 Å². The molecule has 0 bridgehead atoms. The molecular weight excluding hydrogens is 219 g/mol. The molecule has 0 aliphatic heterocycles. The summed E-state index contributed by atoms with van der Waals surface area (Å²) >= 11 is 0. The van der Waals surface area contributed by atoms with Crippen molar-refractivity contribution in [2.75, 3.05) is 13.2 Å². The molecule has 0 radical (unpaired) electrons. The van der Waals surface area contributed by atoms with Crippen LogP contribution in [0, 0.1) is 17.1 Å². The first-order valence-electron chi connectivity index (χ1n) is 5.64. The van der Waals surface area contributed by atoms with Crippen molar-refractivity contribution < 1.29 is 9.13 Å². The highest BCUT2D eigenvalue weighted by molar-refractivity contribution is 5.23. The van der Waals surface area contributed by atoms with E-state index in [0.717, 1.165) is 13.0 Å². The third kappa shape index (κ3) is 4.41. The van der Waals surface area contributed by atoms with Crippen LogP contribution in [0.4, 0.5) is 4.39 Å². The molecule has 1 aromatic rings. The summed E-state index contributed by atoms with van der Waals surface area (Å²) in [7, 11) is 0. The second kappa shape index (κ2) is 6.21. The fourth-order valence-electron chi connectivity index (χ4n) is 1.31. The lowest BCUT2D eigenvalue weighted by Crippen LogP contribution is -2.46. The van der Waals surface area contributed by atoms with Crippen LogP contribution in [0.5, 0.6) is 5.75 Å². The standard InChI is InChI=1S/C13H17FN2O/c1-3-7-16-13(2,9-15)10-17-12-6-4-5-11(14)8-12/h4-6,8,16H,3,7,10H2,1-2H3. The van der Waals surface area contributed by atoms with Gasteiger partial charge in [0.2, 0.25) is 0 Å². The van der Waals surface area contributed by atoms with Gasteiger partial charge in [0.1, 0.15) is 23.7 Å². The lowest BCUT2D eigenvalue weighted by Gasteiger charge is -2.23. The number of nitriles is 1. The quantitative estimate of drug-likeness (QED) is 0.825. The number of rotatable bonds is 6. The maximum atomic E-state index is 12.9. The highest BCUT2D eigenvalue weighted by Crippen LogP contribution is 2.14. The van der Waals surface area contributed by atoms with Crippen molar-refractivity contribution in [3.8, 4) is 11.8 Å². The van der Waals surface area contributed by atoms with Gasteiger partial charge >= 0.3 is 0 Å². The molecule has 1 rings (SSSR count). The zero-order valence-corrected chi connectivity index (χ0v) is 10.2. The minimum Gasteiger partial charge on any atom is -0.490 e. The van der Waals surface area contributed by atoms with Crippen LogP contribution in [0.15, 0.2) is 24.3 Å². The van der Waals surface area contributed by atoms with E-state index in [2.05, 4.69) is 11.4 Å². The third-order valence-corrected chi connectivity index (χ3v) is 2.34. The molecule has 0 amide bonds. The fraction of sp³-hybridized carbons (Fsp3) is 0.462. The molecule has 4 heteroatoms. The summed E-state index contributed by atoms with van der Waals surface area (Å²) < 4.78 is 18.3. The van der Waals surface area contributed by atoms with E-state index in [4.69, 9.17) is 10.00 Å². The van der Waals surface area contributed by atoms with Crippen LogP contribution in [0.3, 0.4) is 0 Å². The van der Waals surface area contributed by atoms with Crippen molar-refractivity contribution in [3.63, 3.8) is 0 Å². The van der Waals surface area contributed by atoms with Gasteiger partial charge < -0.3 is 4.74 Å². The lowest BCUT2D eigenvalue weighted by molar-refractivity contribution is 0.233. The zero-order valence-electron chi connectivity index (χ0n) is 10.2. The predicted molar refractivity (Wildman–Crippen MR) is 64.2 cm³/mol. The molecule has 1 atom stereocenters. The van der Waals surface area contributed by atoms with Crippen LogP contribution in [0.2, 0.25) is 0 Å². The topological polar surface area (TPSA) is 45.0 Å². The van der Waals surface area contributed by atoms with Crippen molar-refractivity contribution in [3.05, 3.63) is 30.1 Å². The Hall–Kier alpha value is -1.60. The van der Waals surface area contributed by atoms with Crippen molar-refractivity contribution >= 4 is 0 Å². The normalized spacial score (nSPS) is 13.8. The van der Waals surface area contributed by atoms with E-state index in [1.165, 1.54) is 12.1 Å². The van der Waals surface area contributed by atoms with Crippen LogP contribution < -0.4 is 10.1 Å². The number of nitrogens with one attached hydrogen (secondary N) is 1. The van der Waals surface area contributed by atoms with Gasteiger partial charge in [-0.2, -0.15) is 5.26 Å². The molecule has 0 saturated heterocycles. The number of hydrogen-bond donors (Lipinski definition) is 1. The van der Waals surface area contributed by atoms with E-state index in [0.29, 0.717) is 5.75 Å². The monoisotopic (exact) mass is 236 g/mol. The number of hydrogen-bond acceptors (Lipinski definition) is 3. The molecule has 1 aromatic carbocycles. The second-order valence-corrected chi connectivity index (χ2v) is 4.12. The third-order valence-electron chi connectivity index (χ3n) is 2.34. The Morgan fingerprint density at radius 1 is 1.53 bits per heavy atom. The van der Waals surface area contributed by atoms with Gasteiger partial charge in [-0.1, -0.05) is 13.0 Å². The summed E-state index contributed by atoms with van der Waals surface area (Å²) in [6.07, 6.45) is 0.942. The van der Waals surface area contributed by atoms with Gasteiger partial charge in [-0.25, -0.2) is 4.39 Å². The average molecular weight is 236 g/mol. The van der Waals surface area contributed by atoms with Crippen LogP contribution in [-0.2, 0) is 0 Å². The molecule has 0 aliphatic rings. The Bertz CT molecular complexity index is 403. The summed E-state index contributed by atoms with van der Waals surface area (Å²) in [6, 6.07) is 8.07. The first-order chi connectivity index (χ1) is 8.09. The van der Waals surface area contributed by atoms with E-state index >= 15 is 0 Å². The molecule has 0 heterocycles.